The van der Waals surface area contributed by atoms with E-state index in [4.69, 9.17) is 5.73 Å². The van der Waals surface area contributed by atoms with E-state index in [2.05, 4.69) is 27.3 Å². The van der Waals surface area contributed by atoms with Gasteiger partial charge >= 0.3 is 0 Å². The summed E-state index contributed by atoms with van der Waals surface area (Å²) in [6, 6.07) is 11.9. The molecule has 0 aliphatic rings. The van der Waals surface area contributed by atoms with Crippen molar-refractivity contribution in [2.75, 3.05) is 6.54 Å². The number of halogens is 1. The number of hydrogen-bond acceptors (Lipinski definition) is 3. The van der Waals surface area contributed by atoms with Crippen molar-refractivity contribution < 1.29 is 4.79 Å². The molecule has 20 heavy (non-hydrogen) atoms. The first-order valence-electron chi connectivity index (χ1n) is 6.47. The third kappa shape index (κ3) is 4.44. The van der Waals surface area contributed by atoms with Crippen LogP contribution < -0.4 is 11.1 Å². The number of thiophene rings is 1. The lowest BCUT2D eigenvalue weighted by Gasteiger charge is -2.08. The number of benzene rings is 1. The minimum absolute atomic E-state index is 0.0431. The van der Waals surface area contributed by atoms with Gasteiger partial charge in [0.25, 0.3) is 0 Å². The third-order valence-corrected chi connectivity index (χ3v) is 4.70. The van der Waals surface area contributed by atoms with Crippen molar-refractivity contribution in [3.05, 3.63) is 56.2 Å². The molecule has 0 saturated heterocycles. The van der Waals surface area contributed by atoms with Gasteiger partial charge in [-0.1, -0.05) is 24.3 Å². The molecule has 1 aromatic carbocycles. The quantitative estimate of drug-likeness (QED) is 0.839. The van der Waals surface area contributed by atoms with Crippen LogP contribution in [0.15, 0.2) is 40.2 Å². The molecule has 1 amide bonds. The molecule has 0 unspecified atom stereocenters. The SMILES string of the molecule is NCc1ccccc1CC(=O)NCCc1ccc(Br)s1. The molecule has 0 aliphatic heterocycles. The zero-order valence-electron chi connectivity index (χ0n) is 11.1. The topological polar surface area (TPSA) is 55.1 Å². The summed E-state index contributed by atoms with van der Waals surface area (Å²) in [6.07, 6.45) is 1.25. The van der Waals surface area contributed by atoms with Crippen molar-refractivity contribution in [2.45, 2.75) is 19.4 Å². The van der Waals surface area contributed by atoms with Gasteiger partial charge in [0.05, 0.1) is 10.2 Å². The van der Waals surface area contributed by atoms with E-state index in [-0.39, 0.29) is 5.91 Å². The molecule has 0 spiro atoms. The molecule has 106 valence electrons. The lowest BCUT2D eigenvalue weighted by atomic mass is 10.0. The van der Waals surface area contributed by atoms with Crippen molar-refractivity contribution in [1.29, 1.82) is 0 Å². The van der Waals surface area contributed by atoms with Gasteiger partial charge in [-0.05, 0) is 45.6 Å². The zero-order valence-corrected chi connectivity index (χ0v) is 13.5. The molecule has 0 atom stereocenters. The number of nitrogens with one attached hydrogen (secondary N) is 1. The molecule has 0 saturated carbocycles. The zero-order chi connectivity index (χ0) is 14.4. The predicted octanol–water partition coefficient (Wildman–Crippen LogP) is 2.87. The molecule has 0 bridgehead atoms. The summed E-state index contributed by atoms with van der Waals surface area (Å²) in [5.74, 6) is 0.0431. The van der Waals surface area contributed by atoms with Gasteiger partial charge in [0, 0.05) is 18.0 Å². The van der Waals surface area contributed by atoms with E-state index in [1.165, 1.54) is 4.88 Å². The van der Waals surface area contributed by atoms with E-state index in [1.54, 1.807) is 11.3 Å². The molecule has 3 N–H and O–H groups in total. The predicted molar refractivity (Wildman–Crippen MR) is 86.8 cm³/mol. The summed E-state index contributed by atoms with van der Waals surface area (Å²) >= 11 is 5.13. The molecule has 5 heteroatoms. The largest absolute Gasteiger partial charge is 0.355 e. The standard InChI is InChI=1S/C15H17BrN2OS/c16-14-6-5-13(20-14)7-8-18-15(19)9-11-3-1-2-4-12(11)10-17/h1-6H,7-10,17H2,(H,18,19). The fraction of sp³-hybridized carbons (Fsp3) is 0.267. The van der Waals surface area contributed by atoms with Crippen LogP contribution in [0.1, 0.15) is 16.0 Å². The Morgan fingerprint density at radius 2 is 1.95 bits per heavy atom. The van der Waals surface area contributed by atoms with E-state index >= 15 is 0 Å². The first-order chi connectivity index (χ1) is 9.69. The molecule has 2 aromatic rings. The van der Waals surface area contributed by atoms with Crippen molar-refractivity contribution in [1.82, 2.24) is 5.32 Å². The first kappa shape index (κ1) is 15.2. The summed E-state index contributed by atoms with van der Waals surface area (Å²) < 4.78 is 1.12. The van der Waals surface area contributed by atoms with Gasteiger partial charge in [0.2, 0.25) is 5.91 Å². The van der Waals surface area contributed by atoms with Crippen LogP contribution in [0.5, 0.6) is 0 Å². The average molecular weight is 353 g/mol. The highest BCUT2D eigenvalue weighted by Gasteiger charge is 2.06. The Bertz CT molecular complexity index is 583. The lowest BCUT2D eigenvalue weighted by molar-refractivity contribution is -0.120. The fourth-order valence-corrected chi connectivity index (χ4v) is 3.46. The van der Waals surface area contributed by atoms with Gasteiger partial charge in [-0.2, -0.15) is 0 Å². The molecule has 3 nitrogen and oxygen atoms in total. The van der Waals surface area contributed by atoms with Gasteiger partial charge in [0.1, 0.15) is 0 Å². The molecular formula is C15H17BrN2OS. The Hall–Kier alpha value is -1.17. The van der Waals surface area contributed by atoms with E-state index < -0.39 is 0 Å². The third-order valence-electron chi connectivity index (χ3n) is 3.01. The normalized spacial score (nSPS) is 10.5. The molecule has 1 heterocycles. The summed E-state index contributed by atoms with van der Waals surface area (Å²) in [7, 11) is 0. The second-order valence-electron chi connectivity index (χ2n) is 4.46. The highest BCUT2D eigenvalue weighted by molar-refractivity contribution is 9.11. The number of carbonyl (C=O) groups excluding carboxylic acids is 1. The Balaban J connectivity index is 1.80. The van der Waals surface area contributed by atoms with Crippen molar-refractivity contribution >= 4 is 33.2 Å². The van der Waals surface area contributed by atoms with Crippen LogP contribution in [-0.2, 0) is 24.2 Å². The highest BCUT2D eigenvalue weighted by Crippen LogP contribution is 2.22. The lowest BCUT2D eigenvalue weighted by Crippen LogP contribution is -2.27. The molecule has 2 rings (SSSR count). The molecule has 0 aliphatic carbocycles. The summed E-state index contributed by atoms with van der Waals surface area (Å²) in [4.78, 5) is 13.2. The molecular weight excluding hydrogens is 336 g/mol. The minimum Gasteiger partial charge on any atom is -0.355 e. The van der Waals surface area contributed by atoms with Gasteiger partial charge in [-0.25, -0.2) is 0 Å². The van der Waals surface area contributed by atoms with Crippen molar-refractivity contribution in [2.24, 2.45) is 5.73 Å². The van der Waals surface area contributed by atoms with Crippen LogP contribution in [0.3, 0.4) is 0 Å². The van der Waals surface area contributed by atoms with Crippen LogP contribution >= 0.6 is 27.3 Å². The molecule has 0 radical (unpaired) electrons. The summed E-state index contributed by atoms with van der Waals surface area (Å²) in [5.41, 5.74) is 7.71. The second kappa shape index (κ2) is 7.57. The Labute approximate surface area is 131 Å². The van der Waals surface area contributed by atoms with E-state index in [1.807, 2.05) is 30.3 Å². The Morgan fingerprint density at radius 3 is 2.60 bits per heavy atom. The van der Waals surface area contributed by atoms with Crippen molar-refractivity contribution in [3.8, 4) is 0 Å². The summed E-state index contributed by atoms with van der Waals surface area (Å²) in [5, 5.41) is 2.95. The highest BCUT2D eigenvalue weighted by atomic mass is 79.9. The monoisotopic (exact) mass is 352 g/mol. The van der Waals surface area contributed by atoms with Crippen LogP contribution in [0.25, 0.3) is 0 Å². The van der Waals surface area contributed by atoms with Gasteiger partial charge < -0.3 is 11.1 Å². The number of hydrogen-bond donors (Lipinski definition) is 2. The van der Waals surface area contributed by atoms with E-state index in [9.17, 15) is 4.79 Å². The maximum Gasteiger partial charge on any atom is 0.224 e. The minimum atomic E-state index is 0.0431. The van der Waals surface area contributed by atoms with Crippen LogP contribution in [0.4, 0.5) is 0 Å². The van der Waals surface area contributed by atoms with Crippen LogP contribution in [0, 0.1) is 0 Å². The molecule has 1 aromatic heterocycles. The average Bonchev–Trinajstić information content (AvgIpc) is 2.85. The van der Waals surface area contributed by atoms with Crippen LogP contribution in [-0.4, -0.2) is 12.5 Å². The van der Waals surface area contributed by atoms with E-state index in [0.717, 1.165) is 21.3 Å². The summed E-state index contributed by atoms with van der Waals surface area (Å²) in [6.45, 7) is 1.13. The number of rotatable bonds is 6. The van der Waals surface area contributed by atoms with E-state index in [0.29, 0.717) is 19.5 Å². The maximum atomic E-state index is 11.9. The first-order valence-corrected chi connectivity index (χ1v) is 8.07. The Kier molecular flexibility index (Phi) is 5.76. The van der Waals surface area contributed by atoms with Crippen LogP contribution in [0.2, 0.25) is 0 Å². The van der Waals surface area contributed by atoms with Crippen molar-refractivity contribution in [3.63, 3.8) is 0 Å². The van der Waals surface area contributed by atoms with Gasteiger partial charge in [0.15, 0.2) is 0 Å². The van der Waals surface area contributed by atoms with Gasteiger partial charge in [-0.3, -0.25) is 4.79 Å². The second-order valence-corrected chi connectivity index (χ2v) is 7.00. The fourth-order valence-electron chi connectivity index (χ4n) is 1.98. The number of nitrogens with two attached hydrogens (primary N) is 1. The smallest absolute Gasteiger partial charge is 0.224 e. The molecule has 0 fully saturated rings. The number of amides is 1. The number of carbonyl (C=O) groups is 1. The maximum absolute atomic E-state index is 11.9. The van der Waals surface area contributed by atoms with Gasteiger partial charge in [-0.15, -0.1) is 11.3 Å². The Morgan fingerprint density at radius 1 is 1.20 bits per heavy atom.